The Hall–Kier alpha value is -2.28. The van der Waals surface area contributed by atoms with E-state index in [9.17, 15) is 21.6 Å². The van der Waals surface area contributed by atoms with E-state index in [4.69, 9.17) is 4.52 Å². The third kappa shape index (κ3) is 5.03. The van der Waals surface area contributed by atoms with Crippen LogP contribution in [-0.4, -0.2) is 60.5 Å². The van der Waals surface area contributed by atoms with Crippen LogP contribution in [0, 0.1) is 0 Å². The van der Waals surface area contributed by atoms with Crippen LogP contribution >= 0.6 is 11.3 Å². The lowest BCUT2D eigenvalue weighted by Gasteiger charge is -2.34. The van der Waals surface area contributed by atoms with Crippen LogP contribution in [-0.2, 0) is 22.6 Å². The summed E-state index contributed by atoms with van der Waals surface area (Å²) in [5.41, 5.74) is -1.14. The van der Waals surface area contributed by atoms with Crippen molar-refractivity contribution in [1.82, 2.24) is 19.3 Å². The average Bonchev–Trinajstić information content (AvgIpc) is 3.46. The number of benzene rings is 1. The number of sulfonamides is 1. The highest BCUT2D eigenvalue weighted by Gasteiger charge is 2.39. The van der Waals surface area contributed by atoms with E-state index in [-0.39, 0.29) is 13.1 Å². The Morgan fingerprint density at radius 2 is 1.81 bits per heavy atom. The quantitative estimate of drug-likeness (QED) is 0.506. The van der Waals surface area contributed by atoms with E-state index >= 15 is 0 Å². The van der Waals surface area contributed by atoms with Crippen molar-refractivity contribution in [2.24, 2.45) is 0 Å². The minimum absolute atomic E-state index is 0.137. The SMILES string of the molecule is O=S(=O)(c1ccccc1C(F)(F)F)N1CCN(CCCc2nc(-c3cccs3)no2)CC1. The molecule has 0 spiro atoms. The topological polar surface area (TPSA) is 79.5 Å². The lowest BCUT2D eigenvalue weighted by atomic mass is 10.2. The van der Waals surface area contributed by atoms with Crippen molar-refractivity contribution >= 4 is 21.4 Å². The zero-order chi connectivity index (χ0) is 22.8. The Balaban J connectivity index is 1.30. The number of piperazine rings is 1. The molecule has 0 aliphatic carbocycles. The maximum atomic E-state index is 13.3. The van der Waals surface area contributed by atoms with E-state index in [1.54, 1.807) is 0 Å². The molecule has 1 fully saturated rings. The first-order valence-electron chi connectivity index (χ1n) is 10.0. The van der Waals surface area contributed by atoms with E-state index in [1.807, 2.05) is 17.5 Å². The van der Waals surface area contributed by atoms with Crippen molar-refractivity contribution in [2.75, 3.05) is 32.7 Å². The van der Waals surface area contributed by atoms with Gasteiger partial charge in [-0.3, -0.25) is 0 Å². The molecule has 3 aromatic rings. The number of nitrogens with zero attached hydrogens (tertiary/aromatic N) is 4. The second-order valence-corrected chi connectivity index (χ2v) is 10.2. The van der Waals surface area contributed by atoms with Crippen molar-refractivity contribution in [3.8, 4) is 10.7 Å². The van der Waals surface area contributed by atoms with Gasteiger partial charge in [-0.1, -0.05) is 23.4 Å². The van der Waals surface area contributed by atoms with Gasteiger partial charge in [0.1, 0.15) is 0 Å². The molecular formula is C20H21F3N4O3S2. The monoisotopic (exact) mass is 486 g/mol. The van der Waals surface area contributed by atoms with Crippen LogP contribution in [0.2, 0.25) is 0 Å². The van der Waals surface area contributed by atoms with Crippen molar-refractivity contribution in [3.05, 3.63) is 53.2 Å². The standard InChI is InChI=1S/C20H21F3N4O3S2/c21-20(22,23)15-5-1-2-7-17(15)32(28,29)27-12-10-26(11-13-27)9-3-8-18-24-19(25-30-18)16-6-4-14-31-16/h1-2,4-7,14H,3,8-13H2. The number of rotatable bonds is 7. The third-order valence-corrected chi connectivity index (χ3v) is 8.04. The van der Waals surface area contributed by atoms with Gasteiger partial charge in [0, 0.05) is 32.6 Å². The van der Waals surface area contributed by atoms with Gasteiger partial charge >= 0.3 is 6.18 Å². The van der Waals surface area contributed by atoms with Gasteiger partial charge in [-0.25, -0.2) is 8.42 Å². The first-order chi connectivity index (χ1) is 15.2. The predicted molar refractivity (Wildman–Crippen MR) is 113 cm³/mol. The summed E-state index contributed by atoms with van der Waals surface area (Å²) < 4.78 is 71.9. The van der Waals surface area contributed by atoms with Crippen molar-refractivity contribution < 1.29 is 26.1 Å². The van der Waals surface area contributed by atoms with E-state index in [2.05, 4.69) is 15.0 Å². The maximum absolute atomic E-state index is 13.3. The van der Waals surface area contributed by atoms with E-state index in [0.29, 0.717) is 37.8 Å². The fraction of sp³-hybridized carbons (Fsp3) is 0.400. The average molecular weight is 487 g/mol. The molecule has 4 rings (SSSR count). The largest absolute Gasteiger partial charge is 0.417 e. The molecule has 3 heterocycles. The highest BCUT2D eigenvalue weighted by Crippen LogP contribution is 2.35. The van der Waals surface area contributed by atoms with Gasteiger partial charge in [-0.05, 0) is 36.5 Å². The van der Waals surface area contributed by atoms with E-state index in [0.717, 1.165) is 27.7 Å². The summed E-state index contributed by atoms with van der Waals surface area (Å²) in [6.45, 7) is 1.86. The Morgan fingerprint density at radius 3 is 2.50 bits per heavy atom. The molecule has 1 saturated heterocycles. The zero-order valence-corrected chi connectivity index (χ0v) is 18.6. The van der Waals surface area contributed by atoms with Crippen LogP contribution in [0.15, 0.2) is 51.2 Å². The molecule has 0 atom stereocenters. The minimum atomic E-state index is -4.73. The normalized spacial score (nSPS) is 16.5. The molecule has 32 heavy (non-hydrogen) atoms. The molecule has 7 nitrogen and oxygen atoms in total. The number of aromatic nitrogens is 2. The third-order valence-electron chi connectivity index (χ3n) is 5.22. The minimum Gasteiger partial charge on any atom is -0.339 e. The zero-order valence-electron chi connectivity index (χ0n) is 17.0. The van der Waals surface area contributed by atoms with Crippen LogP contribution < -0.4 is 0 Å². The molecule has 172 valence electrons. The molecule has 0 bridgehead atoms. The first-order valence-corrected chi connectivity index (χ1v) is 12.3. The van der Waals surface area contributed by atoms with Crippen LogP contribution in [0.1, 0.15) is 17.9 Å². The number of aryl methyl sites for hydroxylation is 1. The molecule has 0 saturated carbocycles. The summed E-state index contributed by atoms with van der Waals surface area (Å²) in [6.07, 6.45) is -3.39. The van der Waals surface area contributed by atoms with Crippen molar-refractivity contribution in [3.63, 3.8) is 0 Å². The number of hydrogen-bond donors (Lipinski definition) is 0. The second kappa shape index (κ2) is 9.30. The molecule has 0 amide bonds. The first kappa shape index (κ1) is 22.9. The Morgan fingerprint density at radius 1 is 1.06 bits per heavy atom. The summed E-state index contributed by atoms with van der Waals surface area (Å²) in [6, 6.07) is 8.13. The van der Waals surface area contributed by atoms with E-state index < -0.39 is 26.7 Å². The van der Waals surface area contributed by atoms with Gasteiger partial charge in [0.05, 0.1) is 15.3 Å². The molecule has 1 aliphatic rings. The van der Waals surface area contributed by atoms with Gasteiger partial charge in [-0.2, -0.15) is 22.5 Å². The fourth-order valence-corrected chi connectivity index (χ4v) is 5.86. The fourth-order valence-electron chi connectivity index (χ4n) is 3.57. The Kier molecular flexibility index (Phi) is 6.65. The lowest BCUT2D eigenvalue weighted by Crippen LogP contribution is -2.49. The smallest absolute Gasteiger partial charge is 0.339 e. The van der Waals surface area contributed by atoms with E-state index in [1.165, 1.54) is 23.5 Å². The maximum Gasteiger partial charge on any atom is 0.417 e. The molecule has 1 aromatic carbocycles. The van der Waals surface area contributed by atoms with Crippen LogP contribution in [0.25, 0.3) is 10.7 Å². The molecule has 0 unspecified atom stereocenters. The van der Waals surface area contributed by atoms with Crippen LogP contribution in [0.5, 0.6) is 0 Å². The van der Waals surface area contributed by atoms with Crippen molar-refractivity contribution in [1.29, 1.82) is 0 Å². The number of thiophene rings is 1. The van der Waals surface area contributed by atoms with Gasteiger partial charge in [-0.15, -0.1) is 11.3 Å². The van der Waals surface area contributed by atoms with Gasteiger partial charge in [0.2, 0.25) is 21.7 Å². The van der Waals surface area contributed by atoms with Crippen LogP contribution in [0.3, 0.4) is 0 Å². The highest BCUT2D eigenvalue weighted by molar-refractivity contribution is 7.89. The van der Waals surface area contributed by atoms with Gasteiger partial charge in [0.25, 0.3) is 0 Å². The number of halogens is 3. The van der Waals surface area contributed by atoms with Gasteiger partial charge in [0.15, 0.2) is 0 Å². The summed E-state index contributed by atoms with van der Waals surface area (Å²) >= 11 is 1.53. The molecular weight excluding hydrogens is 465 g/mol. The van der Waals surface area contributed by atoms with Crippen molar-refractivity contribution in [2.45, 2.75) is 23.9 Å². The van der Waals surface area contributed by atoms with Gasteiger partial charge < -0.3 is 9.42 Å². The summed E-state index contributed by atoms with van der Waals surface area (Å²) in [5.74, 6) is 1.10. The lowest BCUT2D eigenvalue weighted by molar-refractivity contribution is -0.139. The highest BCUT2D eigenvalue weighted by atomic mass is 32.2. The molecule has 0 N–H and O–H groups in total. The molecule has 0 radical (unpaired) electrons. The Bertz CT molecular complexity index is 1140. The Labute approximate surface area is 187 Å². The summed E-state index contributed by atoms with van der Waals surface area (Å²) in [7, 11) is -4.23. The molecule has 1 aliphatic heterocycles. The second-order valence-electron chi connectivity index (χ2n) is 7.33. The number of alkyl halides is 3. The molecule has 12 heteroatoms. The summed E-state index contributed by atoms with van der Waals surface area (Å²) in [5, 5.41) is 5.91. The van der Waals surface area contributed by atoms with Crippen LogP contribution in [0.4, 0.5) is 13.2 Å². The summed E-state index contributed by atoms with van der Waals surface area (Å²) in [4.78, 5) is 6.70. The molecule has 2 aromatic heterocycles. The number of hydrogen-bond acceptors (Lipinski definition) is 7. The predicted octanol–water partition coefficient (Wildman–Crippen LogP) is 3.76.